The molecule has 1 heterocycles. The number of hydrogen-bond donors (Lipinski definition) is 2. The summed E-state index contributed by atoms with van der Waals surface area (Å²) in [6.45, 7) is 11.5. The largest absolute Gasteiger partial charge is 0.370 e. The molecule has 18 heavy (non-hydrogen) atoms. The molecule has 0 amide bonds. The molecule has 0 spiro atoms. The third kappa shape index (κ3) is 5.84. The first-order valence-electron chi connectivity index (χ1n) is 6.78. The number of aryl methyl sites for hydroxylation is 1. The van der Waals surface area contributed by atoms with Crippen LogP contribution in [-0.2, 0) is 0 Å². The average molecular weight is 250 g/mol. The minimum Gasteiger partial charge on any atom is -0.370 e. The molecule has 0 radical (unpaired) electrons. The molecular weight excluding hydrogens is 224 g/mol. The van der Waals surface area contributed by atoms with Gasteiger partial charge in [0.25, 0.3) is 0 Å². The van der Waals surface area contributed by atoms with Crippen LogP contribution in [0.25, 0.3) is 0 Å². The Balaban J connectivity index is 2.63. The molecule has 1 aromatic heterocycles. The van der Waals surface area contributed by atoms with E-state index in [0.717, 1.165) is 18.1 Å². The Hall–Kier alpha value is -1.32. The van der Waals surface area contributed by atoms with E-state index >= 15 is 0 Å². The third-order valence-corrected chi connectivity index (χ3v) is 2.43. The number of nitrogens with zero attached hydrogens (tertiary/aromatic N) is 2. The van der Waals surface area contributed by atoms with Crippen LogP contribution in [0.4, 0.5) is 11.8 Å². The third-order valence-electron chi connectivity index (χ3n) is 2.43. The van der Waals surface area contributed by atoms with Crippen molar-refractivity contribution >= 4 is 11.8 Å². The summed E-state index contributed by atoms with van der Waals surface area (Å²) in [5, 5.41) is 6.66. The van der Waals surface area contributed by atoms with E-state index in [1.165, 1.54) is 19.3 Å². The van der Waals surface area contributed by atoms with E-state index in [2.05, 4.69) is 48.3 Å². The van der Waals surface area contributed by atoms with E-state index in [1.807, 2.05) is 13.0 Å². The van der Waals surface area contributed by atoms with Gasteiger partial charge in [-0.25, -0.2) is 4.98 Å². The quantitative estimate of drug-likeness (QED) is 0.757. The summed E-state index contributed by atoms with van der Waals surface area (Å²) in [6.07, 6.45) is 3.67. The molecule has 0 aromatic carbocycles. The molecule has 0 atom stereocenters. The average Bonchev–Trinajstić information content (AvgIpc) is 2.21. The second-order valence-electron chi connectivity index (χ2n) is 5.73. The molecule has 1 rings (SSSR count). The van der Waals surface area contributed by atoms with Crippen molar-refractivity contribution in [3.63, 3.8) is 0 Å². The van der Waals surface area contributed by atoms with E-state index < -0.39 is 0 Å². The molecule has 102 valence electrons. The molecule has 1 aromatic rings. The zero-order chi connectivity index (χ0) is 13.6. The number of aromatic nitrogens is 2. The van der Waals surface area contributed by atoms with Gasteiger partial charge in [-0.2, -0.15) is 4.98 Å². The highest BCUT2D eigenvalue weighted by Gasteiger charge is 2.12. The number of hydrogen-bond acceptors (Lipinski definition) is 4. The maximum atomic E-state index is 4.48. The summed E-state index contributed by atoms with van der Waals surface area (Å²) in [7, 11) is 0. The van der Waals surface area contributed by atoms with Crippen molar-refractivity contribution in [3.8, 4) is 0 Å². The minimum absolute atomic E-state index is 0.0206. The molecule has 0 saturated carbocycles. The number of unbranched alkanes of at least 4 members (excludes halogenated alkanes) is 2. The molecule has 0 bridgehead atoms. The molecule has 0 unspecified atom stereocenters. The van der Waals surface area contributed by atoms with Crippen molar-refractivity contribution in [2.45, 2.75) is 59.4 Å². The van der Waals surface area contributed by atoms with E-state index in [0.29, 0.717) is 5.95 Å². The van der Waals surface area contributed by atoms with Crippen molar-refractivity contribution < 1.29 is 0 Å². The second-order valence-corrected chi connectivity index (χ2v) is 5.73. The van der Waals surface area contributed by atoms with Crippen molar-refractivity contribution in [1.82, 2.24) is 9.97 Å². The van der Waals surface area contributed by atoms with E-state index in [-0.39, 0.29) is 5.54 Å². The van der Waals surface area contributed by atoms with Crippen LogP contribution >= 0.6 is 0 Å². The van der Waals surface area contributed by atoms with E-state index in [9.17, 15) is 0 Å². The van der Waals surface area contributed by atoms with Gasteiger partial charge in [-0.3, -0.25) is 0 Å². The Labute approximate surface area is 111 Å². The fourth-order valence-corrected chi connectivity index (χ4v) is 1.64. The highest BCUT2D eigenvalue weighted by atomic mass is 15.2. The van der Waals surface area contributed by atoms with Gasteiger partial charge in [0, 0.05) is 23.8 Å². The predicted octanol–water partition coefficient (Wildman–Crippen LogP) is 3.60. The van der Waals surface area contributed by atoms with Crippen LogP contribution in [0.1, 0.15) is 52.7 Å². The van der Waals surface area contributed by atoms with Crippen LogP contribution in [0.5, 0.6) is 0 Å². The molecule has 4 heteroatoms. The lowest BCUT2D eigenvalue weighted by molar-refractivity contribution is 0.625. The number of rotatable bonds is 6. The molecule has 0 aliphatic rings. The predicted molar refractivity (Wildman–Crippen MR) is 78.2 cm³/mol. The van der Waals surface area contributed by atoms with Gasteiger partial charge in [0.05, 0.1) is 0 Å². The second kappa shape index (κ2) is 6.57. The number of nitrogens with one attached hydrogen (secondary N) is 2. The van der Waals surface area contributed by atoms with Gasteiger partial charge in [0.15, 0.2) is 0 Å². The van der Waals surface area contributed by atoms with Crippen LogP contribution in [0, 0.1) is 6.92 Å². The van der Waals surface area contributed by atoms with E-state index in [1.54, 1.807) is 0 Å². The monoisotopic (exact) mass is 250 g/mol. The standard InChI is InChI=1S/C14H26N4/c1-6-7-8-9-15-12-10-11(2)16-13(17-12)18-14(3,4)5/h10H,6-9H2,1-5H3,(H2,15,16,17,18). The number of anilines is 2. The molecule has 0 aliphatic carbocycles. The summed E-state index contributed by atoms with van der Waals surface area (Å²) in [6, 6.07) is 1.99. The Morgan fingerprint density at radius 2 is 1.89 bits per heavy atom. The summed E-state index contributed by atoms with van der Waals surface area (Å²) >= 11 is 0. The summed E-state index contributed by atoms with van der Waals surface area (Å²) in [4.78, 5) is 8.88. The molecule has 4 nitrogen and oxygen atoms in total. The molecular formula is C14H26N4. The van der Waals surface area contributed by atoms with Crippen molar-refractivity contribution in [1.29, 1.82) is 0 Å². The summed E-state index contributed by atoms with van der Waals surface area (Å²) in [5.74, 6) is 1.60. The van der Waals surface area contributed by atoms with Crippen LogP contribution in [-0.4, -0.2) is 22.1 Å². The Morgan fingerprint density at radius 1 is 1.17 bits per heavy atom. The summed E-state index contributed by atoms with van der Waals surface area (Å²) < 4.78 is 0. The van der Waals surface area contributed by atoms with Crippen LogP contribution in [0.15, 0.2) is 6.07 Å². The van der Waals surface area contributed by atoms with Crippen molar-refractivity contribution in [2.75, 3.05) is 17.2 Å². The van der Waals surface area contributed by atoms with Gasteiger partial charge < -0.3 is 10.6 Å². The van der Waals surface area contributed by atoms with Gasteiger partial charge in [-0.15, -0.1) is 0 Å². The van der Waals surface area contributed by atoms with Crippen molar-refractivity contribution in [3.05, 3.63) is 11.8 Å². The fraction of sp³-hybridized carbons (Fsp3) is 0.714. The smallest absolute Gasteiger partial charge is 0.225 e. The minimum atomic E-state index is -0.0206. The molecule has 2 N–H and O–H groups in total. The zero-order valence-electron chi connectivity index (χ0n) is 12.3. The van der Waals surface area contributed by atoms with Crippen LogP contribution in [0.2, 0.25) is 0 Å². The SMILES string of the molecule is CCCCCNc1cc(C)nc(NC(C)(C)C)n1. The van der Waals surface area contributed by atoms with Gasteiger partial charge in [-0.05, 0) is 34.1 Å². The highest BCUT2D eigenvalue weighted by Crippen LogP contribution is 2.14. The highest BCUT2D eigenvalue weighted by molar-refractivity contribution is 5.42. The lowest BCUT2D eigenvalue weighted by Crippen LogP contribution is -2.27. The van der Waals surface area contributed by atoms with Gasteiger partial charge in [-0.1, -0.05) is 19.8 Å². The fourth-order valence-electron chi connectivity index (χ4n) is 1.64. The van der Waals surface area contributed by atoms with Gasteiger partial charge in [0.2, 0.25) is 5.95 Å². The Bertz CT molecular complexity index is 369. The first-order valence-corrected chi connectivity index (χ1v) is 6.78. The van der Waals surface area contributed by atoms with Crippen LogP contribution < -0.4 is 10.6 Å². The Kier molecular flexibility index (Phi) is 5.38. The van der Waals surface area contributed by atoms with Gasteiger partial charge >= 0.3 is 0 Å². The summed E-state index contributed by atoms with van der Waals surface area (Å²) in [5.41, 5.74) is 0.961. The van der Waals surface area contributed by atoms with Crippen molar-refractivity contribution in [2.24, 2.45) is 0 Å². The first-order chi connectivity index (χ1) is 8.40. The lowest BCUT2D eigenvalue weighted by Gasteiger charge is -2.21. The van der Waals surface area contributed by atoms with Gasteiger partial charge in [0.1, 0.15) is 5.82 Å². The normalized spacial score (nSPS) is 11.4. The van der Waals surface area contributed by atoms with E-state index in [4.69, 9.17) is 0 Å². The lowest BCUT2D eigenvalue weighted by atomic mass is 10.1. The maximum absolute atomic E-state index is 4.48. The molecule has 0 aliphatic heterocycles. The topological polar surface area (TPSA) is 49.8 Å². The van der Waals surface area contributed by atoms with Crippen LogP contribution in [0.3, 0.4) is 0 Å². The molecule has 0 fully saturated rings. The zero-order valence-corrected chi connectivity index (χ0v) is 12.3. The first kappa shape index (κ1) is 14.7. The molecule has 0 saturated heterocycles. The Morgan fingerprint density at radius 3 is 2.50 bits per heavy atom. The maximum Gasteiger partial charge on any atom is 0.225 e.